The summed E-state index contributed by atoms with van der Waals surface area (Å²) in [5.41, 5.74) is 5.52. The standard InChI is InChI=1S/C14H15F2N3O/c1-2-3-18-4-6-19(7-5-18)14(20)10-8-11(15)12(16)9-13(10)17/h1,8-9H,3-7,17H2. The van der Waals surface area contributed by atoms with E-state index in [2.05, 4.69) is 5.92 Å². The minimum atomic E-state index is -1.08. The highest BCUT2D eigenvalue weighted by molar-refractivity contribution is 5.99. The fourth-order valence-electron chi connectivity index (χ4n) is 2.16. The molecule has 6 heteroatoms. The minimum absolute atomic E-state index is 0.00528. The number of terminal acetylenes is 1. The molecule has 0 atom stereocenters. The summed E-state index contributed by atoms with van der Waals surface area (Å²) in [5.74, 6) is 0.0270. The molecule has 2 N–H and O–H groups in total. The van der Waals surface area contributed by atoms with E-state index >= 15 is 0 Å². The zero-order valence-electron chi connectivity index (χ0n) is 10.9. The Morgan fingerprint density at radius 3 is 2.45 bits per heavy atom. The molecule has 1 aliphatic heterocycles. The van der Waals surface area contributed by atoms with Gasteiger partial charge in [-0.3, -0.25) is 9.69 Å². The highest BCUT2D eigenvalue weighted by Crippen LogP contribution is 2.19. The van der Waals surface area contributed by atoms with Gasteiger partial charge in [0.05, 0.1) is 12.1 Å². The number of rotatable bonds is 2. The molecular weight excluding hydrogens is 264 g/mol. The lowest BCUT2D eigenvalue weighted by molar-refractivity contribution is 0.0652. The maximum atomic E-state index is 13.2. The molecule has 0 unspecified atom stereocenters. The van der Waals surface area contributed by atoms with Gasteiger partial charge in [-0.2, -0.15) is 0 Å². The quantitative estimate of drug-likeness (QED) is 0.647. The molecule has 1 aromatic rings. The van der Waals surface area contributed by atoms with Crippen molar-refractivity contribution in [3.8, 4) is 12.3 Å². The number of nitrogens with zero attached hydrogens (tertiary/aromatic N) is 2. The normalized spacial score (nSPS) is 15.9. The SMILES string of the molecule is C#CCN1CCN(C(=O)c2cc(F)c(F)cc2N)CC1. The van der Waals surface area contributed by atoms with Gasteiger partial charge in [-0.05, 0) is 6.07 Å². The first-order valence-corrected chi connectivity index (χ1v) is 6.22. The number of benzene rings is 1. The first-order valence-electron chi connectivity index (χ1n) is 6.22. The van der Waals surface area contributed by atoms with E-state index in [-0.39, 0.29) is 17.2 Å². The van der Waals surface area contributed by atoms with Crippen LogP contribution >= 0.6 is 0 Å². The fraction of sp³-hybridized carbons (Fsp3) is 0.357. The lowest BCUT2D eigenvalue weighted by Gasteiger charge is -2.33. The summed E-state index contributed by atoms with van der Waals surface area (Å²) >= 11 is 0. The summed E-state index contributed by atoms with van der Waals surface area (Å²) in [4.78, 5) is 15.9. The molecule has 0 radical (unpaired) electrons. The second kappa shape index (κ2) is 5.88. The van der Waals surface area contributed by atoms with E-state index in [0.717, 1.165) is 12.1 Å². The van der Waals surface area contributed by atoms with Gasteiger partial charge in [-0.1, -0.05) is 5.92 Å². The number of nitrogens with two attached hydrogens (primary N) is 1. The van der Waals surface area contributed by atoms with Crippen LogP contribution in [0.2, 0.25) is 0 Å². The third kappa shape index (κ3) is 2.89. The van der Waals surface area contributed by atoms with Crippen LogP contribution in [0.15, 0.2) is 12.1 Å². The van der Waals surface area contributed by atoms with Crippen LogP contribution < -0.4 is 5.73 Å². The van der Waals surface area contributed by atoms with Gasteiger partial charge in [-0.25, -0.2) is 8.78 Å². The van der Waals surface area contributed by atoms with Crippen molar-refractivity contribution in [1.29, 1.82) is 0 Å². The lowest BCUT2D eigenvalue weighted by atomic mass is 10.1. The van der Waals surface area contributed by atoms with Crippen LogP contribution in [0, 0.1) is 24.0 Å². The molecular formula is C14H15F2N3O. The van der Waals surface area contributed by atoms with Crippen molar-refractivity contribution in [2.75, 3.05) is 38.5 Å². The number of amides is 1. The van der Waals surface area contributed by atoms with E-state index in [4.69, 9.17) is 12.2 Å². The van der Waals surface area contributed by atoms with Gasteiger partial charge in [0, 0.05) is 37.9 Å². The van der Waals surface area contributed by atoms with Crippen molar-refractivity contribution >= 4 is 11.6 Å². The monoisotopic (exact) mass is 279 g/mol. The Morgan fingerprint density at radius 1 is 1.25 bits per heavy atom. The zero-order chi connectivity index (χ0) is 14.7. The third-order valence-corrected chi connectivity index (χ3v) is 3.30. The molecule has 0 spiro atoms. The van der Waals surface area contributed by atoms with Crippen LogP contribution in [0.5, 0.6) is 0 Å². The maximum Gasteiger partial charge on any atom is 0.256 e. The summed E-state index contributed by atoms with van der Waals surface area (Å²) in [5, 5.41) is 0. The van der Waals surface area contributed by atoms with Gasteiger partial charge in [0.15, 0.2) is 11.6 Å². The van der Waals surface area contributed by atoms with Gasteiger partial charge in [0.25, 0.3) is 5.91 Å². The van der Waals surface area contributed by atoms with Gasteiger partial charge >= 0.3 is 0 Å². The zero-order valence-corrected chi connectivity index (χ0v) is 10.9. The van der Waals surface area contributed by atoms with Crippen molar-refractivity contribution in [2.24, 2.45) is 0 Å². The van der Waals surface area contributed by atoms with Gasteiger partial charge in [0.1, 0.15) is 0 Å². The minimum Gasteiger partial charge on any atom is -0.398 e. The molecule has 1 amide bonds. The Kier molecular flexibility index (Phi) is 4.20. The van der Waals surface area contributed by atoms with Crippen LogP contribution in [0.25, 0.3) is 0 Å². The Bertz CT molecular complexity index is 560. The van der Waals surface area contributed by atoms with Crippen LogP contribution in [-0.2, 0) is 0 Å². The van der Waals surface area contributed by atoms with Crippen molar-refractivity contribution < 1.29 is 13.6 Å². The van der Waals surface area contributed by atoms with E-state index in [0.29, 0.717) is 32.7 Å². The first-order chi connectivity index (χ1) is 9.52. The Morgan fingerprint density at radius 2 is 1.85 bits per heavy atom. The number of carbonyl (C=O) groups excluding carboxylic acids is 1. The van der Waals surface area contributed by atoms with Crippen molar-refractivity contribution in [1.82, 2.24) is 9.80 Å². The molecule has 2 rings (SSSR count). The number of anilines is 1. The summed E-state index contributed by atoms with van der Waals surface area (Å²) in [6.07, 6.45) is 5.23. The Hall–Kier alpha value is -2.13. The third-order valence-electron chi connectivity index (χ3n) is 3.30. The van der Waals surface area contributed by atoms with Crippen LogP contribution in [-0.4, -0.2) is 48.4 Å². The molecule has 1 heterocycles. The molecule has 106 valence electrons. The van der Waals surface area contributed by atoms with E-state index in [1.807, 2.05) is 4.90 Å². The Labute approximate surface area is 116 Å². The highest BCUT2D eigenvalue weighted by atomic mass is 19.2. The smallest absolute Gasteiger partial charge is 0.256 e. The Balaban J connectivity index is 2.10. The predicted molar refractivity (Wildman–Crippen MR) is 71.9 cm³/mol. The molecule has 0 saturated carbocycles. The average molecular weight is 279 g/mol. The number of hydrogen-bond donors (Lipinski definition) is 1. The molecule has 20 heavy (non-hydrogen) atoms. The fourth-order valence-corrected chi connectivity index (χ4v) is 2.16. The maximum absolute atomic E-state index is 13.2. The van der Waals surface area contributed by atoms with Gasteiger partial charge in [0.2, 0.25) is 0 Å². The van der Waals surface area contributed by atoms with E-state index in [9.17, 15) is 13.6 Å². The average Bonchev–Trinajstić information content (AvgIpc) is 2.43. The highest BCUT2D eigenvalue weighted by Gasteiger charge is 2.24. The van der Waals surface area contributed by atoms with E-state index in [1.165, 1.54) is 0 Å². The molecule has 0 aromatic heterocycles. The number of piperazine rings is 1. The van der Waals surface area contributed by atoms with Crippen LogP contribution in [0.1, 0.15) is 10.4 Å². The van der Waals surface area contributed by atoms with Crippen molar-refractivity contribution in [2.45, 2.75) is 0 Å². The molecule has 1 aliphatic rings. The van der Waals surface area contributed by atoms with Crippen molar-refractivity contribution in [3.05, 3.63) is 29.3 Å². The summed E-state index contributed by atoms with van der Waals surface area (Å²) < 4.78 is 26.2. The van der Waals surface area contributed by atoms with Gasteiger partial charge in [-0.15, -0.1) is 6.42 Å². The summed E-state index contributed by atoms with van der Waals surface area (Å²) in [6.45, 7) is 2.81. The first kappa shape index (κ1) is 14.3. The van der Waals surface area contributed by atoms with E-state index < -0.39 is 11.6 Å². The molecule has 1 fully saturated rings. The lowest BCUT2D eigenvalue weighted by Crippen LogP contribution is -2.48. The van der Waals surface area contributed by atoms with Crippen LogP contribution in [0.3, 0.4) is 0 Å². The molecule has 0 aliphatic carbocycles. The second-order valence-electron chi connectivity index (χ2n) is 4.63. The second-order valence-corrected chi connectivity index (χ2v) is 4.63. The molecule has 4 nitrogen and oxygen atoms in total. The summed E-state index contributed by atoms with van der Waals surface area (Å²) in [6, 6.07) is 1.68. The topological polar surface area (TPSA) is 49.6 Å². The number of hydrogen-bond acceptors (Lipinski definition) is 3. The molecule has 1 saturated heterocycles. The van der Waals surface area contributed by atoms with Gasteiger partial charge < -0.3 is 10.6 Å². The number of carbonyl (C=O) groups is 1. The van der Waals surface area contributed by atoms with E-state index in [1.54, 1.807) is 4.90 Å². The largest absolute Gasteiger partial charge is 0.398 e. The predicted octanol–water partition coefficient (Wildman–Crippen LogP) is 0.938. The summed E-state index contributed by atoms with van der Waals surface area (Å²) in [7, 11) is 0. The molecule has 1 aromatic carbocycles. The number of nitrogen functional groups attached to an aromatic ring is 1. The van der Waals surface area contributed by atoms with Crippen molar-refractivity contribution in [3.63, 3.8) is 0 Å². The molecule has 0 bridgehead atoms. The van der Waals surface area contributed by atoms with Crippen LogP contribution in [0.4, 0.5) is 14.5 Å². The number of halogens is 2.